The molecule has 0 fully saturated rings. The molecule has 5 rings (SSSR count). The number of imidazole rings is 1. The highest BCUT2D eigenvalue weighted by atomic mass is 16.5. The first-order valence-electron chi connectivity index (χ1n) is 10.1. The summed E-state index contributed by atoms with van der Waals surface area (Å²) in [4.78, 5) is 17.3. The maximum absolute atomic E-state index is 12.6. The second-order valence-corrected chi connectivity index (χ2v) is 7.22. The molecule has 6 heteroatoms. The van der Waals surface area contributed by atoms with Crippen molar-refractivity contribution in [2.24, 2.45) is 0 Å². The number of nitrogens with zero attached hydrogens (tertiary/aromatic N) is 2. The van der Waals surface area contributed by atoms with Crippen LogP contribution < -0.4 is 10.1 Å². The maximum Gasteiger partial charge on any atom is 0.240 e. The highest BCUT2D eigenvalue weighted by molar-refractivity contribution is 5.88. The van der Waals surface area contributed by atoms with Gasteiger partial charge in [0.05, 0.1) is 23.8 Å². The predicted molar refractivity (Wildman–Crippen MR) is 119 cm³/mol. The Kier molecular flexibility index (Phi) is 5.10. The molecule has 0 aliphatic heterocycles. The van der Waals surface area contributed by atoms with Crippen molar-refractivity contribution in [3.63, 3.8) is 0 Å². The molecule has 0 saturated carbocycles. The summed E-state index contributed by atoms with van der Waals surface area (Å²) < 4.78 is 13.3. The zero-order valence-electron chi connectivity index (χ0n) is 16.8. The van der Waals surface area contributed by atoms with Crippen LogP contribution in [0, 0.1) is 0 Å². The van der Waals surface area contributed by atoms with Crippen molar-refractivity contribution in [1.82, 2.24) is 14.9 Å². The number of carbonyl (C=O) groups is 1. The second kappa shape index (κ2) is 8.36. The zero-order chi connectivity index (χ0) is 21.0. The Morgan fingerprint density at radius 1 is 0.968 bits per heavy atom. The third-order valence-electron chi connectivity index (χ3n) is 5.18. The van der Waals surface area contributed by atoms with E-state index in [1.807, 2.05) is 65.2 Å². The van der Waals surface area contributed by atoms with Crippen molar-refractivity contribution in [3.05, 3.63) is 96.7 Å². The van der Waals surface area contributed by atoms with Crippen LogP contribution >= 0.6 is 0 Å². The van der Waals surface area contributed by atoms with Crippen molar-refractivity contribution >= 4 is 27.7 Å². The smallest absolute Gasteiger partial charge is 0.240 e. The van der Waals surface area contributed by atoms with Crippen LogP contribution in [0.15, 0.2) is 89.5 Å². The highest BCUT2D eigenvalue weighted by Gasteiger charge is 2.15. The van der Waals surface area contributed by atoms with E-state index in [9.17, 15) is 4.79 Å². The molecular formula is C25H21N3O3. The van der Waals surface area contributed by atoms with Gasteiger partial charge in [0.1, 0.15) is 30.5 Å². The van der Waals surface area contributed by atoms with E-state index >= 15 is 0 Å². The summed E-state index contributed by atoms with van der Waals surface area (Å²) >= 11 is 0. The molecule has 1 amide bonds. The fourth-order valence-corrected chi connectivity index (χ4v) is 3.67. The lowest BCUT2D eigenvalue weighted by atomic mass is 10.1. The van der Waals surface area contributed by atoms with Gasteiger partial charge in [-0.25, -0.2) is 4.98 Å². The van der Waals surface area contributed by atoms with Gasteiger partial charge in [-0.15, -0.1) is 0 Å². The fourth-order valence-electron chi connectivity index (χ4n) is 3.67. The number of fused-ring (bicyclic) bond motifs is 2. The van der Waals surface area contributed by atoms with E-state index < -0.39 is 0 Å². The Bertz CT molecular complexity index is 1330. The lowest BCUT2D eigenvalue weighted by Gasteiger charge is -2.12. The number of benzene rings is 3. The van der Waals surface area contributed by atoms with Crippen LogP contribution in [-0.4, -0.2) is 15.5 Å². The van der Waals surface area contributed by atoms with E-state index in [4.69, 9.17) is 14.1 Å². The molecule has 2 aromatic heterocycles. The molecule has 154 valence electrons. The molecule has 1 N–H and O–H groups in total. The van der Waals surface area contributed by atoms with Gasteiger partial charge in [0.15, 0.2) is 0 Å². The van der Waals surface area contributed by atoms with E-state index in [-0.39, 0.29) is 19.1 Å². The minimum atomic E-state index is -0.119. The number of hydrogen-bond acceptors (Lipinski definition) is 4. The summed E-state index contributed by atoms with van der Waals surface area (Å²) in [7, 11) is 0. The van der Waals surface area contributed by atoms with Gasteiger partial charge in [0.25, 0.3) is 0 Å². The fraction of sp³-hybridized carbons (Fsp3) is 0.120. The van der Waals surface area contributed by atoms with Crippen molar-refractivity contribution < 1.29 is 13.9 Å². The summed E-state index contributed by atoms with van der Waals surface area (Å²) in [5.74, 6) is 2.08. The molecule has 3 aromatic carbocycles. The number of rotatable bonds is 7. The predicted octanol–water partition coefficient (Wildman–Crippen LogP) is 4.68. The van der Waals surface area contributed by atoms with Gasteiger partial charge in [-0.05, 0) is 35.7 Å². The number of ether oxygens (including phenoxy) is 1. The molecule has 5 aromatic rings. The monoisotopic (exact) mass is 411 g/mol. The van der Waals surface area contributed by atoms with Gasteiger partial charge in [0.2, 0.25) is 5.91 Å². The van der Waals surface area contributed by atoms with Crippen molar-refractivity contribution in [2.75, 3.05) is 0 Å². The van der Waals surface area contributed by atoms with E-state index in [2.05, 4.69) is 17.4 Å². The largest absolute Gasteiger partial charge is 0.485 e. The van der Waals surface area contributed by atoms with Crippen LogP contribution in [0.2, 0.25) is 0 Å². The molecule has 0 aliphatic carbocycles. The number of aromatic nitrogens is 2. The molecule has 31 heavy (non-hydrogen) atoms. The third kappa shape index (κ3) is 4.00. The Labute approximate surface area is 179 Å². The van der Waals surface area contributed by atoms with Crippen molar-refractivity contribution in [1.29, 1.82) is 0 Å². The minimum absolute atomic E-state index is 0.119. The molecule has 0 atom stereocenters. The molecular weight excluding hydrogens is 390 g/mol. The molecule has 2 heterocycles. The summed E-state index contributed by atoms with van der Waals surface area (Å²) in [5, 5.41) is 5.05. The molecule has 0 spiro atoms. The van der Waals surface area contributed by atoms with Crippen molar-refractivity contribution in [2.45, 2.75) is 19.7 Å². The number of para-hydroxylation sites is 2. The SMILES string of the molecule is O=C(Cn1c(COc2cccc3ccccc23)nc2ccccc21)NCc1ccco1. The molecule has 0 saturated heterocycles. The highest BCUT2D eigenvalue weighted by Crippen LogP contribution is 2.26. The van der Waals surface area contributed by atoms with Crippen molar-refractivity contribution in [3.8, 4) is 5.75 Å². The number of nitrogens with one attached hydrogen (secondary N) is 1. The minimum Gasteiger partial charge on any atom is -0.485 e. The summed E-state index contributed by atoms with van der Waals surface area (Å²) in [6, 6.07) is 25.5. The average Bonchev–Trinajstić information content (AvgIpc) is 3.44. The number of carbonyl (C=O) groups excluding carboxylic acids is 1. The number of amides is 1. The van der Waals surface area contributed by atoms with E-state index in [1.54, 1.807) is 12.3 Å². The topological polar surface area (TPSA) is 69.3 Å². The maximum atomic E-state index is 12.6. The third-order valence-corrected chi connectivity index (χ3v) is 5.18. The van der Waals surface area contributed by atoms with Crippen LogP contribution in [0.5, 0.6) is 5.75 Å². The van der Waals surface area contributed by atoms with Gasteiger partial charge < -0.3 is 19.0 Å². The van der Waals surface area contributed by atoms with Crippen LogP contribution in [0.3, 0.4) is 0 Å². The summed E-state index contributed by atoms with van der Waals surface area (Å²) in [5.41, 5.74) is 1.73. The van der Waals surface area contributed by atoms with E-state index in [0.717, 1.165) is 27.6 Å². The van der Waals surface area contributed by atoms with Gasteiger partial charge in [-0.1, -0.05) is 48.5 Å². The Balaban J connectivity index is 1.38. The first kappa shape index (κ1) is 18.9. The zero-order valence-corrected chi connectivity index (χ0v) is 16.8. The lowest BCUT2D eigenvalue weighted by molar-refractivity contribution is -0.121. The van der Waals surface area contributed by atoms with Gasteiger partial charge in [-0.2, -0.15) is 0 Å². The van der Waals surface area contributed by atoms with Gasteiger partial charge >= 0.3 is 0 Å². The quantitative estimate of drug-likeness (QED) is 0.422. The second-order valence-electron chi connectivity index (χ2n) is 7.22. The number of furan rings is 1. The Morgan fingerprint density at radius 2 is 1.81 bits per heavy atom. The number of hydrogen-bond donors (Lipinski definition) is 1. The van der Waals surface area contributed by atoms with Crippen LogP contribution in [0.25, 0.3) is 21.8 Å². The Hall–Kier alpha value is -4.06. The standard InChI is InChI=1S/C25H21N3O3/c29-25(26-15-19-9-6-14-30-19)16-28-22-12-4-3-11-21(22)27-24(28)17-31-23-13-5-8-18-7-1-2-10-20(18)23/h1-14H,15-17H2,(H,26,29). The van der Waals surface area contributed by atoms with Crippen LogP contribution in [0.1, 0.15) is 11.6 Å². The summed E-state index contributed by atoms with van der Waals surface area (Å²) in [6.07, 6.45) is 1.59. The molecule has 0 aliphatic rings. The lowest BCUT2D eigenvalue weighted by Crippen LogP contribution is -2.27. The first-order valence-corrected chi connectivity index (χ1v) is 10.1. The first-order chi connectivity index (χ1) is 15.3. The van der Waals surface area contributed by atoms with Gasteiger partial charge in [-0.3, -0.25) is 4.79 Å². The van der Waals surface area contributed by atoms with Gasteiger partial charge in [0, 0.05) is 5.39 Å². The van der Waals surface area contributed by atoms with E-state index in [0.29, 0.717) is 18.1 Å². The van der Waals surface area contributed by atoms with E-state index in [1.165, 1.54) is 0 Å². The Morgan fingerprint density at radius 3 is 2.71 bits per heavy atom. The van der Waals surface area contributed by atoms with Crippen LogP contribution in [-0.2, 0) is 24.5 Å². The molecule has 0 bridgehead atoms. The average molecular weight is 411 g/mol. The van der Waals surface area contributed by atoms with Crippen LogP contribution in [0.4, 0.5) is 0 Å². The normalized spacial score (nSPS) is 11.1. The molecule has 0 radical (unpaired) electrons. The molecule has 6 nitrogen and oxygen atoms in total. The summed E-state index contributed by atoms with van der Waals surface area (Å²) in [6.45, 7) is 0.754. The molecule has 0 unspecified atom stereocenters.